The van der Waals surface area contributed by atoms with E-state index in [1.807, 2.05) is 13.8 Å². The van der Waals surface area contributed by atoms with Crippen molar-refractivity contribution in [3.05, 3.63) is 59.7 Å². The van der Waals surface area contributed by atoms with E-state index in [0.29, 0.717) is 0 Å². The van der Waals surface area contributed by atoms with E-state index in [1.165, 1.54) is 0 Å². The number of phosphoric acid groups is 1. The number of phosphoric ester groups is 1. The number of carbonyl (C=O) groups excluding carboxylic acids is 1. The highest BCUT2D eigenvalue weighted by molar-refractivity contribution is 7.50. The predicted molar refractivity (Wildman–Crippen MR) is 81.9 cm³/mol. The van der Waals surface area contributed by atoms with Gasteiger partial charge in [-0.05, 0) is 38.1 Å². The van der Waals surface area contributed by atoms with Gasteiger partial charge in [0.05, 0.1) is 0 Å². The molecule has 0 atom stereocenters. The molecule has 1 amide bonds. The van der Waals surface area contributed by atoms with Gasteiger partial charge in [-0.3, -0.25) is 0 Å². The van der Waals surface area contributed by atoms with Gasteiger partial charge in [-0.1, -0.05) is 35.4 Å². The van der Waals surface area contributed by atoms with Crippen LogP contribution in [0.3, 0.4) is 0 Å². The Kier molecular flexibility index (Phi) is 4.73. The lowest BCUT2D eigenvalue weighted by Crippen LogP contribution is -2.16. The minimum Gasteiger partial charge on any atom is -0.386 e. The van der Waals surface area contributed by atoms with Gasteiger partial charge in [-0.25, -0.2) is 4.79 Å². The second-order valence-electron chi connectivity index (χ2n) is 4.67. The molecule has 22 heavy (non-hydrogen) atoms. The van der Waals surface area contributed by atoms with Crippen LogP contribution in [0.25, 0.3) is 0 Å². The molecule has 0 saturated carbocycles. The van der Waals surface area contributed by atoms with Crippen LogP contribution in [0.15, 0.2) is 48.5 Å². The SMILES string of the molecule is Cc1ccc(OP(=O)(OC(N)=O)Oc2ccc(C)cc2)cc1. The van der Waals surface area contributed by atoms with Crippen molar-refractivity contribution >= 4 is 13.9 Å². The first-order valence-electron chi connectivity index (χ1n) is 6.48. The van der Waals surface area contributed by atoms with Gasteiger partial charge in [0.25, 0.3) is 0 Å². The molecule has 0 aromatic heterocycles. The van der Waals surface area contributed by atoms with Crippen molar-refractivity contribution in [2.24, 2.45) is 5.73 Å². The summed E-state index contributed by atoms with van der Waals surface area (Å²) in [6.07, 6.45) is -1.25. The summed E-state index contributed by atoms with van der Waals surface area (Å²) in [7, 11) is -4.22. The zero-order valence-corrected chi connectivity index (χ0v) is 13.1. The van der Waals surface area contributed by atoms with Gasteiger partial charge in [-0.15, -0.1) is 0 Å². The number of hydrogen-bond acceptors (Lipinski definition) is 5. The van der Waals surface area contributed by atoms with Gasteiger partial charge in [0.1, 0.15) is 11.5 Å². The first-order chi connectivity index (χ1) is 10.4. The van der Waals surface area contributed by atoms with Crippen LogP contribution >= 0.6 is 7.82 Å². The van der Waals surface area contributed by atoms with E-state index in [4.69, 9.17) is 14.8 Å². The van der Waals surface area contributed by atoms with Gasteiger partial charge in [0.15, 0.2) is 0 Å². The van der Waals surface area contributed by atoms with E-state index in [0.717, 1.165) is 11.1 Å². The van der Waals surface area contributed by atoms with E-state index in [-0.39, 0.29) is 11.5 Å². The first-order valence-corrected chi connectivity index (χ1v) is 7.94. The summed E-state index contributed by atoms with van der Waals surface area (Å²) >= 11 is 0. The highest BCUT2D eigenvalue weighted by atomic mass is 31.2. The Morgan fingerprint density at radius 3 is 1.55 bits per heavy atom. The van der Waals surface area contributed by atoms with Crippen molar-refractivity contribution in [1.82, 2.24) is 0 Å². The van der Waals surface area contributed by atoms with Crippen LogP contribution in [0.5, 0.6) is 11.5 Å². The standard InChI is InChI=1S/C15H16NO5P/c1-11-3-7-13(8-4-11)19-22(18,21-15(16)17)20-14-9-5-12(2)6-10-14/h3-10H,1-2H3,(H2,16,17). The third-order valence-corrected chi connectivity index (χ3v) is 3.95. The lowest BCUT2D eigenvalue weighted by molar-refractivity contribution is 0.190. The van der Waals surface area contributed by atoms with E-state index < -0.39 is 13.9 Å². The molecule has 2 aromatic rings. The van der Waals surface area contributed by atoms with Gasteiger partial charge < -0.3 is 19.3 Å². The zero-order chi connectivity index (χ0) is 16.2. The first kappa shape index (κ1) is 15.9. The quantitative estimate of drug-likeness (QED) is 0.842. The van der Waals surface area contributed by atoms with Gasteiger partial charge in [-0.2, -0.15) is 4.57 Å². The van der Waals surface area contributed by atoms with Crippen molar-refractivity contribution in [3.63, 3.8) is 0 Å². The number of nitrogens with two attached hydrogens (primary N) is 1. The Morgan fingerprint density at radius 1 is 0.864 bits per heavy atom. The number of aryl methyl sites for hydroxylation is 2. The molecule has 0 aliphatic carbocycles. The molecule has 0 radical (unpaired) electrons. The molecule has 0 unspecified atom stereocenters. The fraction of sp³-hybridized carbons (Fsp3) is 0.133. The number of rotatable bonds is 5. The Bertz CT molecular complexity index is 645. The molecule has 2 rings (SSSR count). The van der Waals surface area contributed by atoms with Crippen LogP contribution < -0.4 is 14.8 Å². The van der Waals surface area contributed by atoms with Crippen LogP contribution in [0.4, 0.5) is 4.79 Å². The molecule has 0 aliphatic rings. The number of hydrogen-bond donors (Lipinski definition) is 1. The Balaban J connectivity index is 2.22. The smallest absolute Gasteiger partial charge is 0.386 e. The number of primary amides is 1. The number of carbonyl (C=O) groups is 1. The molecule has 0 aliphatic heterocycles. The molecule has 6 nitrogen and oxygen atoms in total. The van der Waals surface area contributed by atoms with E-state index in [9.17, 15) is 9.36 Å². The van der Waals surface area contributed by atoms with Crippen LogP contribution in [0.1, 0.15) is 11.1 Å². The minimum absolute atomic E-state index is 0.238. The topological polar surface area (TPSA) is 87.9 Å². The molecule has 0 spiro atoms. The molecule has 0 heterocycles. The molecule has 0 saturated heterocycles. The lowest BCUT2D eigenvalue weighted by atomic mass is 10.2. The third-order valence-electron chi connectivity index (χ3n) is 2.68. The Hall–Kier alpha value is -2.46. The van der Waals surface area contributed by atoms with Crippen molar-refractivity contribution in [3.8, 4) is 11.5 Å². The fourth-order valence-electron chi connectivity index (χ4n) is 1.62. The van der Waals surface area contributed by atoms with Crippen molar-refractivity contribution in [2.45, 2.75) is 13.8 Å². The van der Waals surface area contributed by atoms with Crippen molar-refractivity contribution in [2.75, 3.05) is 0 Å². The average Bonchev–Trinajstić information content (AvgIpc) is 2.43. The van der Waals surface area contributed by atoms with Crippen LogP contribution in [-0.4, -0.2) is 6.09 Å². The molecule has 0 bridgehead atoms. The molecule has 2 N–H and O–H groups in total. The maximum atomic E-state index is 12.6. The predicted octanol–water partition coefficient (Wildman–Crippen LogP) is 3.96. The molecule has 116 valence electrons. The van der Waals surface area contributed by atoms with E-state index in [2.05, 4.69) is 4.52 Å². The fourth-order valence-corrected chi connectivity index (χ4v) is 2.71. The summed E-state index contributed by atoms with van der Waals surface area (Å²) in [5.74, 6) is 0.476. The maximum absolute atomic E-state index is 12.6. The van der Waals surface area contributed by atoms with Crippen LogP contribution in [-0.2, 0) is 9.09 Å². The Labute approximate surface area is 128 Å². The summed E-state index contributed by atoms with van der Waals surface area (Å²) in [5.41, 5.74) is 6.94. The Morgan fingerprint density at radius 2 is 1.23 bits per heavy atom. The monoisotopic (exact) mass is 321 g/mol. The molecular formula is C15H16NO5P. The highest BCUT2D eigenvalue weighted by Crippen LogP contribution is 2.49. The normalized spacial score (nSPS) is 10.8. The molecular weight excluding hydrogens is 305 g/mol. The maximum Gasteiger partial charge on any atom is 0.650 e. The van der Waals surface area contributed by atoms with E-state index in [1.54, 1.807) is 48.5 Å². The van der Waals surface area contributed by atoms with Gasteiger partial charge in [0, 0.05) is 0 Å². The number of amides is 1. The van der Waals surface area contributed by atoms with Crippen LogP contribution in [0.2, 0.25) is 0 Å². The van der Waals surface area contributed by atoms with Crippen LogP contribution in [0, 0.1) is 13.8 Å². The number of benzene rings is 2. The van der Waals surface area contributed by atoms with E-state index >= 15 is 0 Å². The second kappa shape index (κ2) is 6.54. The summed E-state index contributed by atoms with van der Waals surface area (Å²) < 4.78 is 27.5. The second-order valence-corrected chi connectivity index (χ2v) is 6.11. The lowest BCUT2D eigenvalue weighted by Gasteiger charge is -2.17. The van der Waals surface area contributed by atoms with Crippen molar-refractivity contribution < 1.29 is 22.9 Å². The third kappa shape index (κ3) is 4.53. The largest absolute Gasteiger partial charge is 0.650 e. The van der Waals surface area contributed by atoms with Gasteiger partial charge >= 0.3 is 13.9 Å². The molecule has 0 fully saturated rings. The molecule has 7 heteroatoms. The molecule has 2 aromatic carbocycles. The summed E-state index contributed by atoms with van der Waals surface area (Å²) in [4.78, 5) is 11.0. The van der Waals surface area contributed by atoms with Gasteiger partial charge in [0.2, 0.25) is 0 Å². The summed E-state index contributed by atoms with van der Waals surface area (Å²) in [6, 6.07) is 13.4. The summed E-state index contributed by atoms with van der Waals surface area (Å²) in [5, 5.41) is 0. The van der Waals surface area contributed by atoms with Crippen molar-refractivity contribution in [1.29, 1.82) is 0 Å². The highest BCUT2D eigenvalue weighted by Gasteiger charge is 2.34. The average molecular weight is 321 g/mol. The summed E-state index contributed by atoms with van der Waals surface area (Å²) in [6.45, 7) is 3.79. The minimum atomic E-state index is -4.22. The zero-order valence-electron chi connectivity index (χ0n) is 12.2.